The molecule has 3 rings (SSSR count). The van der Waals surface area contributed by atoms with Crippen LogP contribution in [0.1, 0.15) is 12.0 Å². The number of rotatable bonds is 8. The highest BCUT2D eigenvalue weighted by Crippen LogP contribution is 2.30. The van der Waals surface area contributed by atoms with Crippen LogP contribution in [0.5, 0.6) is 5.75 Å². The highest BCUT2D eigenvalue weighted by atomic mass is 35.5. The van der Waals surface area contributed by atoms with Crippen molar-refractivity contribution in [3.63, 3.8) is 0 Å². The van der Waals surface area contributed by atoms with E-state index >= 15 is 0 Å². The van der Waals surface area contributed by atoms with Gasteiger partial charge in [-0.2, -0.15) is 0 Å². The van der Waals surface area contributed by atoms with Crippen LogP contribution in [0.3, 0.4) is 0 Å². The molecule has 0 aliphatic heterocycles. The number of nitrogens with two attached hydrogens (primary N) is 1. The van der Waals surface area contributed by atoms with E-state index in [1.54, 1.807) is 30.6 Å². The first kappa shape index (κ1) is 21.2. The van der Waals surface area contributed by atoms with Crippen molar-refractivity contribution in [2.24, 2.45) is 5.14 Å². The summed E-state index contributed by atoms with van der Waals surface area (Å²) in [5.74, 6) is 0.514. The number of aliphatic hydroxyl groups excluding tert-OH is 1. The Hall–Kier alpha value is -2.52. The molecule has 9 heteroatoms. The van der Waals surface area contributed by atoms with E-state index in [-0.39, 0.29) is 11.5 Å². The van der Waals surface area contributed by atoms with Gasteiger partial charge in [-0.3, -0.25) is 9.97 Å². The molecule has 0 saturated carbocycles. The Morgan fingerprint density at radius 2 is 2.00 bits per heavy atom. The minimum Gasteiger partial charge on any atom is -0.491 e. The molecule has 0 saturated heterocycles. The van der Waals surface area contributed by atoms with Gasteiger partial charge >= 0.3 is 0 Å². The first-order chi connectivity index (χ1) is 13.8. The van der Waals surface area contributed by atoms with E-state index in [9.17, 15) is 13.5 Å². The Bertz CT molecular complexity index is 1060. The fourth-order valence-corrected chi connectivity index (χ4v) is 3.38. The number of benzene rings is 1. The summed E-state index contributed by atoms with van der Waals surface area (Å²) in [4.78, 5) is 8.08. The maximum atomic E-state index is 11.3. The van der Waals surface area contributed by atoms with Gasteiger partial charge in [-0.15, -0.1) is 0 Å². The second-order valence-corrected chi connectivity index (χ2v) is 8.40. The van der Waals surface area contributed by atoms with Gasteiger partial charge in [0.25, 0.3) is 0 Å². The number of primary sulfonamides is 1. The molecule has 29 heavy (non-hydrogen) atoms. The summed E-state index contributed by atoms with van der Waals surface area (Å²) in [5.41, 5.74) is 2.18. The Labute approximate surface area is 174 Å². The van der Waals surface area contributed by atoms with E-state index < -0.39 is 16.1 Å². The van der Waals surface area contributed by atoms with Crippen LogP contribution in [0.4, 0.5) is 0 Å². The zero-order chi connectivity index (χ0) is 20.9. The molecule has 1 atom stereocenters. The average Bonchev–Trinajstić information content (AvgIpc) is 2.71. The maximum absolute atomic E-state index is 11.3. The van der Waals surface area contributed by atoms with E-state index in [0.29, 0.717) is 34.9 Å². The lowest BCUT2D eigenvalue weighted by Crippen LogP contribution is -2.18. The number of halogens is 1. The number of hydrogen-bond donors (Lipinski definition) is 2. The second-order valence-electron chi connectivity index (χ2n) is 6.43. The molecule has 1 unspecified atom stereocenters. The Morgan fingerprint density at radius 1 is 1.17 bits per heavy atom. The molecule has 0 aliphatic rings. The highest BCUT2D eigenvalue weighted by Gasteiger charge is 2.12. The van der Waals surface area contributed by atoms with Gasteiger partial charge < -0.3 is 9.84 Å². The third-order valence-corrected chi connectivity index (χ3v) is 5.42. The fourth-order valence-electron chi connectivity index (χ4n) is 2.66. The van der Waals surface area contributed by atoms with Gasteiger partial charge in [0.05, 0.1) is 16.8 Å². The summed E-state index contributed by atoms with van der Waals surface area (Å²) in [7, 11) is -3.80. The number of pyridine rings is 2. The van der Waals surface area contributed by atoms with Crippen molar-refractivity contribution < 1.29 is 18.3 Å². The number of ether oxygens (including phenoxy) is 1. The lowest BCUT2D eigenvalue weighted by molar-refractivity contribution is 0.100. The van der Waals surface area contributed by atoms with Crippen LogP contribution >= 0.6 is 11.6 Å². The van der Waals surface area contributed by atoms with Crippen molar-refractivity contribution in [2.75, 3.05) is 6.61 Å². The van der Waals surface area contributed by atoms with E-state index in [0.717, 1.165) is 5.56 Å². The smallest absolute Gasteiger partial charge is 0.239 e. The van der Waals surface area contributed by atoms with E-state index in [2.05, 4.69) is 9.97 Å². The van der Waals surface area contributed by atoms with Crippen molar-refractivity contribution in [1.82, 2.24) is 9.97 Å². The molecule has 0 fully saturated rings. The van der Waals surface area contributed by atoms with Gasteiger partial charge in [0.1, 0.15) is 17.3 Å². The first-order valence-electron chi connectivity index (χ1n) is 8.81. The van der Waals surface area contributed by atoms with Crippen LogP contribution in [-0.4, -0.2) is 36.2 Å². The molecule has 0 bridgehead atoms. The summed E-state index contributed by atoms with van der Waals surface area (Å²) < 4.78 is 28.3. The number of aryl methyl sites for hydroxylation is 1. The predicted molar refractivity (Wildman–Crippen MR) is 110 cm³/mol. The molecule has 152 valence electrons. The molecular formula is C20H20ClN3O4S. The SMILES string of the molecule is NS(=O)(=O)c1ccc(-c2ccc(OCC(O)CCc3cccnc3)cc2Cl)nc1. The third kappa shape index (κ3) is 5.98. The molecule has 0 spiro atoms. The quantitative estimate of drug-likeness (QED) is 0.564. The standard InChI is InChI=1S/C20H20ClN3O4S/c21-19-10-16(28-13-15(25)4-3-14-2-1-9-23-11-14)5-7-18(19)20-8-6-17(12-24-20)29(22,26)27/h1-2,5-12,15,25H,3-4,13H2,(H2,22,26,27). The summed E-state index contributed by atoms with van der Waals surface area (Å²) in [6, 6.07) is 11.8. The van der Waals surface area contributed by atoms with E-state index in [1.165, 1.54) is 18.3 Å². The normalized spacial score (nSPS) is 12.5. The van der Waals surface area contributed by atoms with Crippen molar-refractivity contribution in [1.29, 1.82) is 0 Å². The largest absolute Gasteiger partial charge is 0.491 e. The van der Waals surface area contributed by atoms with Crippen molar-refractivity contribution in [3.05, 3.63) is 71.6 Å². The van der Waals surface area contributed by atoms with Gasteiger partial charge in [0, 0.05) is 24.2 Å². The minimum absolute atomic E-state index is 0.0717. The lowest BCUT2D eigenvalue weighted by atomic mass is 10.1. The third-order valence-electron chi connectivity index (χ3n) is 4.21. The van der Waals surface area contributed by atoms with E-state index in [1.807, 2.05) is 12.1 Å². The lowest BCUT2D eigenvalue weighted by Gasteiger charge is -2.13. The maximum Gasteiger partial charge on any atom is 0.239 e. The van der Waals surface area contributed by atoms with E-state index in [4.69, 9.17) is 21.5 Å². The van der Waals surface area contributed by atoms with Crippen LogP contribution < -0.4 is 9.88 Å². The average molecular weight is 434 g/mol. The Kier molecular flexibility index (Phi) is 6.81. The molecule has 0 radical (unpaired) electrons. The number of hydrogen-bond acceptors (Lipinski definition) is 6. The minimum atomic E-state index is -3.80. The van der Waals surface area contributed by atoms with Gasteiger partial charge in [-0.1, -0.05) is 17.7 Å². The number of nitrogens with zero attached hydrogens (tertiary/aromatic N) is 2. The van der Waals surface area contributed by atoms with Gasteiger partial charge in [0.15, 0.2) is 0 Å². The summed E-state index contributed by atoms with van der Waals surface area (Å²) in [6.07, 6.45) is 5.30. The number of sulfonamides is 1. The topological polar surface area (TPSA) is 115 Å². The summed E-state index contributed by atoms with van der Waals surface area (Å²) in [6.45, 7) is 0.136. The zero-order valence-electron chi connectivity index (χ0n) is 15.4. The number of aliphatic hydroxyl groups is 1. The van der Waals surface area contributed by atoms with Gasteiger partial charge in [-0.25, -0.2) is 13.6 Å². The Balaban J connectivity index is 1.59. The van der Waals surface area contributed by atoms with Crippen molar-refractivity contribution >= 4 is 21.6 Å². The Morgan fingerprint density at radius 3 is 2.62 bits per heavy atom. The fraction of sp³-hybridized carbons (Fsp3) is 0.200. The molecular weight excluding hydrogens is 414 g/mol. The molecule has 1 aromatic carbocycles. The van der Waals surface area contributed by atoms with Crippen molar-refractivity contribution in [3.8, 4) is 17.0 Å². The molecule has 3 aromatic rings. The van der Waals surface area contributed by atoms with Crippen LogP contribution in [0.2, 0.25) is 5.02 Å². The summed E-state index contributed by atoms with van der Waals surface area (Å²) in [5, 5.41) is 15.6. The van der Waals surface area contributed by atoms with Crippen LogP contribution in [0, 0.1) is 0 Å². The monoisotopic (exact) mass is 433 g/mol. The van der Waals surface area contributed by atoms with Gasteiger partial charge in [0.2, 0.25) is 10.0 Å². The second kappa shape index (κ2) is 9.32. The molecule has 0 aliphatic carbocycles. The molecule has 3 N–H and O–H groups in total. The van der Waals surface area contributed by atoms with Crippen LogP contribution in [0.25, 0.3) is 11.3 Å². The molecule has 7 nitrogen and oxygen atoms in total. The molecule has 2 heterocycles. The predicted octanol–water partition coefficient (Wildman–Crippen LogP) is 2.82. The van der Waals surface area contributed by atoms with Crippen LogP contribution in [0.15, 0.2) is 66.0 Å². The first-order valence-corrected chi connectivity index (χ1v) is 10.7. The number of aromatic nitrogens is 2. The molecule has 2 aromatic heterocycles. The molecule has 0 amide bonds. The van der Waals surface area contributed by atoms with Gasteiger partial charge in [-0.05, 0) is 54.8 Å². The summed E-state index contributed by atoms with van der Waals surface area (Å²) >= 11 is 6.32. The zero-order valence-corrected chi connectivity index (χ0v) is 17.0. The van der Waals surface area contributed by atoms with Crippen LogP contribution in [-0.2, 0) is 16.4 Å². The van der Waals surface area contributed by atoms with Crippen molar-refractivity contribution in [2.45, 2.75) is 23.8 Å². The highest BCUT2D eigenvalue weighted by molar-refractivity contribution is 7.89.